The predicted octanol–water partition coefficient (Wildman–Crippen LogP) is 3.10. The first-order valence-electron chi connectivity index (χ1n) is 8.52. The van der Waals surface area contributed by atoms with Crippen molar-refractivity contribution in [2.24, 2.45) is 0 Å². The van der Waals surface area contributed by atoms with Gasteiger partial charge in [-0.25, -0.2) is 0 Å². The summed E-state index contributed by atoms with van der Waals surface area (Å²) in [6, 6.07) is 11.4. The molecular weight excluding hydrogens is 315 g/mol. The number of aromatic nitrogens is 1. The summed E-state index contributed by atoms with van der Waals surface area (Å²) in [7, 11) is -0.446. The molecule has 1 aromatic carbocycles. The van der Waals surface area contributed by atoms with Gasteiger partial charge in [0.05, 0.1) is 22.6 Å². The lowest BCUT2D eigenvalue weighted by molar-refractivity contribution is 0.00578. The number of hydrogen-bond acceptors (Lipinski definition) is 5. The topological polar surface area (TPSA) is 66.6 Å². The van der Waals surface area contributed by atoms with Crippen LogP contribution in [0.4, 0.5) is 5.69 Å². The number of hydrogen-bond donors (Lipinski definition) is 1. The fourth-order valence-corrected chi connectivity index (χ4v) is 2.65. The second kappa shape index (κ2) is 6.35. The second-order valence-electron chi connectivity index (χ2n) is 7.40. The Morgan fingerprint density at radius 2 is 1.76 bits per heavy atom. The molecule has 0 amide bonds. The van der Waals surface area contributed by atoms with E-state index in [1.165, 1.54) is 0 Å². The number of pyridine rings is 1. The van der Waals surface area contributed by atoms with Crippen molar-refractivity contribution in [3.05, 3.63) is 48.3 Å². The van der Waals surface area contributed by atoms with E-state index >= 15 is 0 Å². The average molecular weight is 340 g/mol. The Morgan fingerprint density at radius 1 is 1.08 bits per heavy atom. The number of benzene rings is 1. The van der Waals surface area contributed by atoms with Gasteiger partial charge in [0.2, 0.25) is 0 Å². The summed E-state index contributed by atoms with van der Waals surface area (Å²) in [5.74, 6) is 0.602. The molecule has 0 radical (unpaired) electrons. The summed E-state index contributed by atoms with van der Waals surface area (Å²) >= 11 is 0. The molecule has 0 aliphatic carbocycles. The minimum absolute atomic E-state index is 0.211. The molecule has 25 heavy (non-hydrogen) atoms. The van der Waals surface area contributed by atoms with Crippen molar-refractivity contribution >= 4 is 18.3 Å². The van der Waals surface area contributed by atoms with Gasteiger partial charge in [0.15, 0.2) is 0 Å². The number of rotatable bonds is 4. The first kappa shape index (κ1) is 17.8. The smallest absolute Gasteiger partial charge is 0.482 e. The van der Waals surface area contributed by atoms with Gasteiger partial charge < -0.3 is 19.8 Å². The predicted molar refractivity (Wildman–Crippen MR) is 99.9 cm³/mol. The largest absolute Gasteiger partial charge is 0.494 e. The van der Waals surface area contributed by atoms with Crippen LogP contribution in [-0.2, 0) is 9.31 Å². The molecule has 1 fully saturated rings. The molecule has 0 unspecified atom stereocenters. The third kappa shape index (κ3) is 3.50. The van der Waals surface area contributed by atoms with Crippen LogP contribution in [0.15, 0.2) is 42.6 Å². The molecule has 2 N–H and O–H groups in total. The molecule has 1 aromatic heterocycles. The average Bonchev–Trinajstić information content (AvgIpc) is 2.78. The molecule has 2 aromatic rings. The van der Waals surface area contributed by atoms with E-state index in [9.17, 15) is 0 Å². The van der Waals surface area contributed by atoms with Crippen LogP contribution in [0.25, 0.3) is 0 Å². The molecule has 3 rings (SSSR count). The molecule has 0 saturated carbocycles. The summed E-state index contributed by atoms with van der Waals surface area (Å²) in [6.45, 7) is 10.1. The third-order valence-corrected chi connectivity index (χ3v) is 4.97. The standard InChI is InChI=1S/C19H25BN2O3/c1-13(16-8-6-7-11-22-16)23-17-12-14(9-10-15(17)21)20-24-18(2,3)19(4,5)25-20/h6-13H,21H2,1-5H3/t13-/m0/s1. The third-order valence-electron chi connectivity index (χ3n) is 4.97. The Balaban J connectivity index is 1.82. The summed E-state index contributed by atoms with van der Waals surface area (Å²) in [5.41, 5.74) is 7.63. The van der Waals surface area contributed by atoms with Crippen molar-refractivity contribution in [2.45, 2.75) is 51.9 Å². The first-order valence-corrected chi connectivity index (χ1v) is 8.52. The minimum atomic E-state index is -0.446. The number of nitrogens with zero attached hydrogens (tertiary/aromatic N) is 1. The Kier molecular flexibility index (Phi) is 4.52. The van der Waals surface area contributed by atoms with E-state index in [-0.39, 0.29) is 17.3 Å². The summed E-state index contributed by atoms with van der Waals surface area (Å²) in [5, 5.41) is 0. The summed E-state index contributed by atoms with van der Waals surface area (Å²) < 4.78 is 18.2. The Bertz CT molecular complexity index is 734. The maximum Gasteiger partial charge on any atom is 0.494 e. The van der Waals surface area contributed by atoms with Gasteiger partial charge in [-0.05, 0) is 64.3 Å². The van der Waals surface area contributed by atoms with E-state index in [0.29, 0.717) is 11.4 Å². The van der Waals surface area contributed by atoms with Gasteiger partial charge in [-0.15, -0.1) is 0 Å². The Labute approximate surface area is 149 Å². The number of nitrogen functional groups attached to an aromatic ring is 1. The van der Waals surface area contributed by atoms with Crippen molar-refractivity contribution in [3.8, 4) is 5.75 Å². The maximum atomic E-state index is 6.10. The van der Waals surface area contributed by atoms with Crippen LogP contribution in [-0.4, -0.2) is 23.3 Å². The van der Waals surface area contributed by atoms with Crippen molar-refractivity contribution in [1.29, 1.82) is 0 Å². The van der Waals surface area contributed by atoms with E-state index in [2.05, 4.69) is 4.98 Å². The van der Waals surface area contributed by atoms with Crippen molar-refractivity contribution in [2.75, 3.05) is 5.73 Å². The van der Waals surface area contributed by atoms with Crippen molar-refractivity contribution < 1.29 is 14.0 Å². The van der Waals surface area contributed by atoms with E-state index in [0.717, 1.165) is 11.2 Å². The lowest BCUT2D eigenvalue weighted by Gasteiger charge is -2.32. The normalized spacial score (nSPS) is 19.6. The molecule has 132 valence electrons. The van der Waals surface area contributed by atoms with Crippen LogP contribution >= 0.6 is 0 Å². The molecule has 0 bridgehead atoms. The van der Waals surface area contributed by atoms with Gasteiger partial charge in [-0.2, -0.15) is 0 Å². The highest BCUT2D eigenvalue weighted by Gasteiger charge is 2.51. The molecule has 5 nitrogen and oxygen atoms in total. The van der Waals surface area contributed by atoms with Crippen LogP contribution in [0, 0.1) is 0 Å². The fraction of sp³-hybridized carbons (Fsp3) is 0.421. The zero-order valence-electron chi connectivity index (χ0n) is 15.4. The fourth-order valence-electron chi connectivity index (χ4n) is 2.65. The minimum Gasteiger partial charge on any atom is -0.482 e. The monoisotopic (exact) mass is 340 g/mol. The summed E-state index contributed by atoms with van der Waals surface area (Å²) in [4.78, 5) is 4.33. The molecule has 1 aliphatic rings. The van der Waals surface area contributed by atoms with Crippen LogP contribution in [0.5, 0.6) is 5.75 Å². The lowest BCUT2D eigenvalue weighted by Crippen LogP contribution is -2.41. The van der Waals surface area contributed by atoms with Gasteiger partial charge in [-0.3, -0.25) is 4.98 Å². The molecule has 2 heterocycles. The molecule has 1 atom stereocenters. The first-order chi connectivity index (χ1) is 11.7. The highest BCUT2D eigenvalue weighted by atomic mass is 16.7. The number of ether oxygens (including phenoxy) is 1. The van der Waals surface area contributed by atoms with Gasteiger partial charge >= 0.3 is 7.12 Å². The van der Waals surface area contributed by atoms with E-state index in [1.807, 2.05) is 71.0 Å². The van der Waals surface area contributed by atoms with Crippen LogP contribution in [0.2, 0.25) is 0 Å². The second-order valence-corrected chi connectivity index (χ2v) is 7.40. The molecule has 6 heteroatoms. The van der Waals surface area contributed by atoms with Crippen molar-refractivity contribution in [1.82, 2.24) is 4.98 Å². The van der Waals surface area contributed by atoms with Crippen molar-refractivity contribution in [3.63, 3.8) is 0 Å². The number of nitrogens with two attached hydrogens (primary N) is 1. The zero-order valence-corrected chi connectivity index (χ0v) is 15.4. The van der Waals surface area contributed by atoms with E-state index in [1.54, 1.807) is 6.20 Å². The zero-order chi connectivity index (χ0) is 18.2. The highest BCUT2D eigenvalue weighted by Crippen LogP contribution is 2.37. The summed E-state index contributed by atoms with van der Waals surface area (Å²) in [6.07, 6.45) is 1.54. The Hall–Kier alpha value is -2.05. The van der Waals surface area contributed by atoms with Crippen LogP contribution in [0.3, 0.4) is 0 Å². The van der Waals surface area contributed by atoms with E-state index in [4.69, 9.17) is 19.8 Å². The molecule has 0 spiro atoms. The molecular formula is C19H25BN2O3. The maximum absolute atomic E-state index is 6.10. The van der Waals surface area contributed by atoms with Crippen LogP contribution in [0.1, 0.15) is 46.4 Å². The Morgan fingerprint density at radius 3 is 2.36 bits per heavy atom. The van der Waals surface area contributed by atoms with Gasteiger partial charge in [-0.1, -0.05) is 12.1 Å². The number of anilines is 1. The van der Waals surface area contributed by atoms with Gasteiger partial charge in [0, 0.05) is 6.20 Å². The lowest BCUT2D eigenvalue weighted by atomic mass is 9.79. The highest BCUT2D eigenvalue weighted by molar-refractivity contribution is 6.62. The van der Waals surface area contributed by atoms with Crippen LogP contribution < -0.4 is 15.9 Å². The van der Waals surface area contributed by atoms with Gasteiger partial charge in [0.1, 0.15) is 11.9 Å². The molecule has 1 saturated heterocycles. The van der Waals surface area contributed by atoms with Gasteiger partial charge in [0.25, 0.3) is 0 Å². The van der Waals surface area contributed by atoms with E-state index < -0.39 is 7.12 Å². The quantitative estimate of drug-likeness (QED) is 0.684. The SMILES string of the molecule is C[C@H](Oc1cc(B2OC(C)(C)C(C)(C)O2)ccc1N)c1ccccn1. The molecule has 1 aliphatic heterocycles.